The molecule has 0 saturated heterocycles. The molecular formula is C13H12O5. The van der Waals surface area contributed by atoms with Gasteiger partial charge in [0.05, 0.1) is 5.56 Å². The first-order valence-electron chi connectivity index (χ1n) is 5.48. The largest absolute Gasteiger partial charge is 0.478 e. The van der Waals surface area contributed by atoms with Crippen LogP contribution in [0.5, 0.6) is 0 Å². The van der Waals surface area contributed by atoms with Crippen LogP contribution in [0.2, 0.25) is 0 Å². The van der Waals surface area contributed by atoms with E-state index in [2.05, 4.69) is 0 Å². The number of benzene rings is 1. The number of carbonyl (C=O) groups is 2. The third kappa shape index (κ3) is 1.73. The van der Waals surface area contributed by atoms with E-state index in [1.807, 2.05) is 0 Å². The minimum Gasteiger partial charge on any atom is -0.478 e. The zero-order valence-electron chi connectivity index (χ0n) is 9.98. The van der Waals surface area contributed by atoms with E-state index in [9.17, 15) is 19.8 Å². The fourth-order valence-electron chi connectivity index (χ4n) is 2.10. The van der Waals surface area contributed by atoms with Gasteiger partial charge < -0.3 is 14.6 Å². The number of hydrogen-bond acceptors (Lipinski definition) is 3. The van der Waals surface area contributed by atoms with E-state index in [0.717, 1.165) is 0 Å². The Hall–Kier alpha value is -2.30. The van der Waals surface area contributed by atoms with Crippen LogP contribution in [0.1, 0.15) is 39.0 Å². The van der Waals surface area contributed by atoms with Gasteiger partial charge in [0.15, 0.2) is 0 Å². The molecule has 94 valence electrons. The van der Waals surface area contributed by atoms with Gasteiger partial charge in [-0.25, -0.2) is 9.59 Å². The molecule has 2 aromatic rings. The zero-order chi connectivity index (χ0) is 13.4. The third-order valence-electron chi connectivity index (χ3n) is 2.82. The van der Waals surface area contributed by atoms with Crippen molar-refractivity contribution in [3.63, 3.8) is 0 Å². The van der Waals surface area contributed by atoms with Crippen LogP contribution in [0.4, 0.5) is 0 Å². The summed E-state index contributed by atoms with van der Waals surface area (Å²) in [6.45, 7) is 3.48. The van der Waals surface area contributed by atoms with Gasteiger partial charge in [0.25, 0.3) is 0 Å². The highest BCUT2D eigenvalue weighted by atomic mass is 16.4. The molecule has 0 unspecified atom stereocenters. The zero-order valence-corrected chi connectivity index (χ0v) is 9.98. The van der Waals surface area contributed by atoms with Gasteiger partial charge in [0.2, 0.25) is 0 Å². The molecule has 1 aromatic heterocycles. The first-order valence-corrected chi connectivity index (χ1v) is 5.48. The molecule has 18 heavy (non-hydrogen) atoms. The molecule has 0 aliphatic heterocycles. The maximum absolute atomic E-state index is 11.3. The summed E-state index contributed by atoms with van der Waals surface area (Å²) in [4.78, 5) is 22.5. The van der Waals surface area contributed by atoms with Crippen molar-refractivity contribution in [2.75, 3.05) is 0 Å². The van der Waals surface area contributed by atoms with Crippen molar-refractivity contribution in [2.45, 2.75) is 20.3 Å². The molecule has 0 aliphatic carbocycles. The van der Waals surface area contributed by atoms with Crippen LogP contribution in [0.15, 0.2) is 16.5 Å². The number of rotatable bonds is 3. The first kappa shape index (κ1) is 12.2. The molecule has 0 aliphatic rings. The number of carboxylic acids is 2. The summed E-state index contributed by atoms with van der Waals surface area (Å²) in [6, 6.07) is 3.37. The standard InChI is InChI=1S/C13H12O5/c1-3-7-5-8-4-6(2)18-11(8)10(13(16)17)9(7)12(14)15/h4-5H,3H2,1-2H3,(H,14,15)(H,16,17). The van der Waals surface area contributed by atoms with E-state index < -0.39 is 11.9 Å². The average molecular weight is 248 g/mol. The van der Waals surface area contributed by atoms with Gasteiger partial charge in [0, 0.05) is 5.39 Å². The summed E-state index contributed by atoms with van der Waals surface area (Å²) < 4.78 is 5.31. The van der Waals surface area contributed by atoms with Crippen molar-refractivity contribution in [2.24, 2.45) is 0 Å². The Morgan fingerprint density at radius 2 is 1.78 bits per heavy atom. The van der Waals surface area contributed by atoms with Gasteiger partial charge in [-0.05, 0) is 31.0 Å². The minimum absolute atomic E-state index is 0.120. The number of furan rings is 1. The quantitative estimate of drug-likeness (QED) is 0.871. The molecular weight excluding hydrogens is 236 g/mol. The highest BCUT2D eigenvalue weighted by Crippen LogP contribution is 2.29. The molecule has 5 heteroatoms. The summed E-state index contributed by atoms with van der Waals surface area (Å²) >= 11 is 0. The Bertz CT molecular complexity index is 651. The number of aryl methyl sites for hydroxylation is 2. The predicted octanol–water partition coefficient (Wildman–Crippen LogP) is 2.70. The predicted molar refractivity (Wildman–Crippen MR) is 64.2 cm³/mol. The van der Waals surface area contributed by atoms with E-state index >= 15 is 0 Å². The molecule has 0 fully saturated rings. The molecule has 0 radical (unpaired) electrons. The van der Waals surface area contributed by atoms with Crippen molar-refractivity contribution >= 4 is 22.9 Å². The summed E-state index contributed by atoms with van der Waals surface area (Å²) in [5, 5.41) is 19.0. The van der Waals surface area contributed by atoms with Crippen molar-refractivity contribution < 1.29 is 24.2 Å². The lowest BCUT2D eigenvalue weighted by atomic mass is 9.96. The first-order chi connectivity index (χ1) is 8.45. The topological polar surface area (TPSA) is 87.7 Å². The van der Waals surface area contributed by atoms with Gasteiger partial charge in [-0.2, -0.15) is 0 Å². The number of aromatic carboxylic acids is 2. The van der Waals surface area contributed by atoms with E-state index in [1.165, 1.54) is 0 Å². The lowest BCUT2D eigenvalue weighted by Gasteiger charge is -2.08. The summed E-state index contributed by atoms with van der Waals surface area (Å²) in [6.07, 6.45) is 0.447. The monoisotopic (exact) mass is 248 g/mol. The fraction of sp³-hybridized carbons (Fsp3) is 0.231. The molecule has 1 aromatic carbocycles. The molecule has 0 atom stereocenters. The van der Waals surface area contributed by atoms with Crippen LogP contribution in [-0.4, -0.2) is 22.2 Å². The maximum atomic E-state index is 11.3. The summed E-state index contributed by atoms with van der Waals surface area (Å²) in [7, 11) is 0. The smallest absolute Gasteiger partial charge is 0.340 e. The number of fused-ring (bicyclic) bond motifs is 1. The molecule has 0 amide bonds. The number of hydrogen-bond donors (Lipinski definition) is 2. The van der Waals surface area contributed by atoms with Crippen molar-refractivity contribution in [3.05, 3.63) is 34.6 Å². The van der Waals surface area contributed by atoms with E-state index in [-0.39, 0.29) is 16.7 Å². The van der Waals surface area contributed by atoms with E-state index in [0.29, 0.717) is 23.1 Å². The van der Waals surface area contributed by atoms with Crippen LogP contribution in [-0.2, 0) is 6.42 Å². The normalized spacial score (nSPS) is 10.8. The fourth-order valence-corrected chi connectivity index (χ4v) is 2.10. The van der Waals surface area contributed by atoms with Crippen molar-refractivity contribution in [3.8, 4) is 0 Å². The SMILES string of the molecule is CCc1cc2cc(C)oc2c(C(=O)O)c1C(=O)O. The lowest BCUT2D eigenvalue weighted by Crippen LogP contribution is -2.11. The minimum atomic E-state index is -1.29. The van der Waals surface area contributed by atoms with E-state index in [1.54, 1.807) is 26.0 Å². The van der Waals surface area contributed by atoms with Crippen LogP contribution in [0, 0.1) is 6.92 Å². The van der Waals surface area contributed by atoms with Crippen LogP contribution in [0.25, 0.3) is 11.0 Å². The molecule has 1 heterocycles. The Labute approximate surface area is 103 Å². The van der Waals surface area contributed by atoms with Gasteiger partial charge >= 0.3 is 11.9 Å². The van der Waals surface area contributed by atoms with Gasteiger partial charge in [-0.15, -0.1) is 0 Å². The molecule has 2 rings (SSSR count). The Morgan fingerprint density at radius 3 is 2.28 bits per heavy atom. The number of carboxylic acid groups (broad SMARTS) is 2. The Morgan fingerprint density at radius 1 is 1.17 bits per heavy atom. The third-order valence-corrected chi connectivity index (χ3v) is 2.82. The molecule has 0 spiro atoms. The second-order valence-electron chi connectivity index (χ2n) is 4.02. The Balaban J connectivity index is 2.97. The molecule has 0 saturated carbocycles. The second-order valence-corrected chi connectivity index (χ2v) is 4.02. The second kappa shape index (κ2) is 4.18. The summed E-state index contributed by atoms with van der Waals surface area (Å²) in [5.74, 6) is -1.99. The molecule has 5 nitrogen and oxygen atoms in total. The van der Waals surface area contributed by atoms with Crippen LogP contribution in [0.3, 0.4) is 0 Å². The highest BCUT2D eigenvalue weighted by molar-refractivity contribution is 6.11. The molecule has 0 bridgehead atoms. The molecule has 2 N–H and O–H groups in total. The van der Waals surface area contributed by atoms with E-state index in [4.69, 9.17) is 4.42 Å². The van der Waals surface area contributed by atoms with Crippen LogP contribution >= 0.6 is 0 Å². The van der Waals surface area contributed by atoms with Gasteiger partial charge in [-0.1, -0.05) is 6.92 Å². The summed E-state index contributed by atoms with van der Waals surface area (Å²) in [5.41, 5.74) is 0.152. The van der Waals surface area contributed by atoms with Crippen LogP contribution < -0.4 is 0 Å². The van der Waals surface area contributed by atoms with Gasteiger partial charge in [-0.3, -0.25) is 0 Å². The van der Waals surface area contributed by atoms with Crippen molar-refractivity contribution in [1.29, 1.82) is 0 Å². The lowest BCUT2D eigenvalue weighted by molar-refractivity contribution is 0.0651. The van der Waals surface area contributed by atoms with Gasteiger partial charge in [0.1, 0.15) is 16.9 Å². The van der Waals surface area contributed by atoms with Crippen molar-refractivity contribution in [1.82, 2.24) is 0 Å². The highest BCUT2D eigenvalue weighted by Gasteiger charge is 2.25. The average Bonchev–Trinajstić information content (AvgIpc) is 2.65. The maximum Gasteiger partial charge on any atom is 0.340 e. The Kier molecular flexibility index (Phi) is 2.82.